The van der Waals surface area contributed by atoms with Gasteiger partial charge in [-0.05, 0) is 18.2 Å². The van der Waals surface area contributed by atoms with E-state index in [0.717, 1.165) is 6.54 Å². The van der Waals surface area contributed by atoms with E-state index in [1.54, 1.807) is 12.4 Å². The summed E-state index contributed by atoms with van der Waals surface area (Å²) < 4.78 is 0. The molecule has 4 heteroatoms. The van der Waals surface area contributed by atoms with Crippen LogP contribution in [0.25, 0.3) is 0 Å². The topological polar surface area (TPSA) is 37.8 Å². The second kappa shape index (κ2) is 6.25. The van der Waals surface area contributed by atoms with Gasteiger partial charge in [-0.25, -0.2) is 9.97 Å². The van der Waals surface area contributed by atoms with Crippen molar-refractivity contribution in [1.29, 1.82) is 0 Å². The fourth-order valence-electron chi connectivity index (χ4n) is 1.40. The molecule has 88 valence electrons. The lowest BCUT2D eigenvalue weighted by Gasteiger charge is -2.11. The Morgan fingerprint density at radius 3 is 2.53 bits per heavy atom. The average Bonchev–Trinajstić information content (AvgIpc) is 2.39. The van der Waals surface area contributed by atoms with Crippen LogP contribution in [0.5, 0.6) is 0 Å². The summed E-state index contributed by atoms with van der Waals surface area (Å²) in [5.41, 5.74) is 0. The van der Waals surface area contributed by atoms with E-state index < -0.39 is 0 Å². The molecule has 0 bridgehead atoms. The summed E-state index contributed by atoms with van der Waals surface area (Å²) in [7, 11) is 0. The number of hydrogen-bond donors (Lipinski definition) is 1. The van der Waals surface area contributed by atoms with Crippen LogP contribution in [-0.2, 0) is 0 Å². The molecule has 1 unspecified atom stereocenters. The molecular formula is C13H15N3S. The number of rotatable bonds is 5. The van der Waals surface area contributed by atoms with Gasteiger partial charge in [0.15, 0.2) is 0 Å². The van der Waals surface area contributed by atoms with Gasteiger partial charge in [-0.3, -0.25) is 0 Å². The van der Waals surface area contributed by atoms with Crippen LogP contribution >= 0.6 is 11.8 Å². The normalized spacial score (nSPS) is 12.1. The predicted octanol–water partition coefficient (Wildman–Crippen LogP) is 3.07. The van der Waals surface area contributed by atoms with Crippen molar-refractivity contribution in [2.45, 2.75) is 17.1 Å². The highest BCUT2D eigenvalue weighted by Crippen LogP contribution is 2.22. The third-order valence-electron chi connectivity index (χ3n) is 2.19. The first-order chi connectivity index (χ1) is 8.34. The Balaban J connectivity index is 1.80. The lowest BCUT2D eigenvalue weighted by Crippen LogP contribution is -2.14. The Morgan fingerprint density at radius 2 is 1.82 bits per heavy atom. The summed E-state index contributed by atoms with van der Waals surface area (Å²) in [5, 5.41) is 3.69. The number of benzene rings is 1. The largest absolute Gasteiger partial charge is 0.353 e. The van der Waals surface area contributed by atoms with Gasteiger partial charge >= 0.3 is 0 Å². The van der Waals surface area contributed by atoms with Gasteiger partial charge in [-0.2, -0.15) is 0 Å². The van der Waals surface area contributed by atoms with Crippen LogP contribution in [0.15, 0.2) is 53.7 Å². The molecule has 17 heavy (non-hydrogen) atoms. The highest BCUT2D eigenvalue weighted by Gasteiger charge is 2.04. The molecular weight excluding hydrogens is 230 g/mol. The number of nitrogens with zero attached hydrogens (tertiary/aromatic N) is 2. The Hall–Kier alpha value is -1.55. The van der Waals surface area contributed by atoms with Crippen molar-refractivity contribution in [3.05, 3.63) is 48.8 Å². The molecule has 1 atom stereocenters. The molecule has 0 aliphatic heterocycles. The van der Waals surface area contributed by atoms with Crippen molar-refractivity contribution in [3.63, 3.8) is 0 Å². The van der Waals surface area contributed by atoms with Crippen LogP contribution in [-0.4, -0.2) is 21.8 Å². The molecule has 1 N–H and O–H groups in total. The zero-order valence-corrected chi connectivity index (χ0v) is 10.5. The van der Waals surface area contributed by atoms with E-state index in [1.807, 2.05) is 23.9 Å². The zero-order valence-electron chi connectivity index (χ0n) is 9.71. The standard InChI is InChI=1S/C13H15N3S/c1-11(17-12-6-3-2-4-7-12)10-16-13-14-8-5-9-15-13/h2-9,11H,10H2,1H3,(H,14,15,16). The van der Waals surface area contributed by atoms with E-state index in [1.165, 1.54) is 4.90 Å². The van der Waals surface area contributed by atoms with Crippen molar-refractivity contribution in [2.24, 2.45) is 0 Å². The molecule has 0 spiro atoms. The van der Waals surface area contributed by atoms with E-state index in [-0.39, 0.29) is 0 Å². The van der Waals surface area contributed by atoms with Crippen LogP contribution in [0.4, 0.5) is 5.95 Å². The van der Waals surface area contributed by atoms with Crippen molar-refractivity contribution in [1.82, 2.24) is 9.97 Å². The van der Waals surface area contributed by atoms with Crippen molar-refractivity contribution >= 4 is 17.7 Å². The number of hydrogen-bond acceptors (Lipinski definition) is 4. The maximum atomic E-state index is 4.13. The fourth-order valence-corrected chi connectivity index (χ4v) is 2.34. The molecule has 0 aliphatic carbocycles. The minimum Gasteiger partial charge on any atom is -0.353 e. The van der Waals surface area contributed by atoms with Crippen molar-refractivity contribution in [3.8, 4) is 0 Å². The Morgan fingerprint density at radius 1 is 1.12 bits per heavy atom. The van der Waals surface area contributed by atoms with Gasteiger partial charge in [0.05, 0.1) is 0 Å². The number of nitrogens with one attached hydrogen (secondary N) is 1. The summed E-state index contributed by atoms with van der Waals surface area (Å²) >= 11 is 1.84. The lowest BCUT2D eigenvalue weighted by molar-refractivity contribution is 0.968. The minimum atomic E-state index is 0.473. The van der Waals surface area contributed by atoms with Gasteiger partial charge in [-0.1, -0.05) is 25.1 Å². The first kappa shape index (κ1) is 11.9. The third kappa shape index (κ3) is 4.07. The molecule has 2 aromatic rings. The molecule has 1 heterocycles. The van der Waals surface area contributed by atoms with Crippen LogP contribution in [0.1, 0.15) is 6.92 Å². The predicted molar refractivity (Wildman–Crippen MR) is 72.3 cm³/mol. The molecule has 0 fully saturated rings. The Kier molecular flexibility index (Phi) is 4.38. The maximum Gasteiger partial charge on any atom is 0.222 e. The highest BCUT2D eigenvalue weighted by molar-refractivity contribution is 8.00. The van der Waals surface area contributed by atoms with Gasteiger partial charge in [0.1, 0.15) is 0 Å². The monoisotopic (exact) mass is 245 g/mol. The molecule has 2 rings (SSSR count). The molecule has 0 saturated heterocycles. The van der Waals surface area contributed by atoms with Gasteiger partial charge < -0.3 is 5.32 Å². The number of anilines is 1. The second-order valence-electron chi connectivity index (χ2n) is 3.69. The van der Waals surface area contributed by atoms with Crippen molar-refractivity contribution < 1.29 is 0 Å². The molecule has 0 amide bonds. The Labute approximate surface area is 106 Å². The summed E-state index contributed by atoms with van der Waals surface area (Å²) in [4.78, 5) is 9.54. The first-order valence-corrected chi connectivity index (χ1v) is 6.45. The SMILES string of the molecule is CC(CNc1ncccn1)Sc1ccccc1. The van der Waals surface area contributed by atoms with Gasteiger partial charge in [0, 0.05) is 29.1 Å². The zero-order chi connectivity index (χ0) is 11.9. The Bertz CT molecular complexity index is 433. The van der Waals surface area contributed by atoms with Crippen molar-refractivity contribution in [2.75, 3.05) is 11.9 Å². The summed E-state index contributed by atoms with van der Waals surface area (Å²) in [6, 6.07) is 12.2. The summed E-state index contributed by atoms with van der Waals surface area (Å²) in [6.07, 6.45) is 3.48. The second-order valence-corrected chi connectivity index (χ2v) is 5.21. The van der Waals surface area contributed by atoms with Gasteiger partial charge in [0.2, 0.25) is 5.95 Å². The van der Waals surface area contributed by atoms with Gasteiger partial charge in [0.25, 0.3) is 0 Å². The van der Waals surface area contributed by atoms with E-state index in [9.17, 15) is 0 Å². The molecule has 0 saturated carbocycles. The quantitative estimate of drug-likeness (QED) is 0.822. The maximum absolute atomic E-state index is 4.13. The fraction of sp³-hybridized carbons (Fsp3) is 0.231. The van der Waals surface area contributed by atoms with Crippen LogP contribution < -0.4 is 5.32 Å². The van der Waals surface area contributed by atoms with Crippen LogP contribution in [0.3, 0.4) is 0 Å². The lowest BCUT2D eigenvalue weighted by atomic mass is 10.4. The molecule has 0 aliphatic rings. The average molecular weight is 245 g/mol. The minimum absolute atomic E-state index is 0.473. The van der Waals surface area contributed by atoms with E-state index in [0.29, 0.717) is 11.2 Å². The molecule has 1 aromatic heterocycles. The van der Waals surface area contributed by atoms with Gasteiger partial charge in [-0.15, -0.1) is 11.8 Å². The third-order valence-corrected chi connectivity index (χ3v) is 3.31. The smallest absolute Gasteiger partial charge is 0.222 e. The van der Waals surface area contributed by atoms with Crippen LogP contribution in [0, 0.1) is 0 Å². The highest BCUT2D eigenvalue weighted by atomic mass is 32.2. The van der Waals surface area contributed by atoms with Crippen LogP contribution in [0.2, 0.25) is 0 Å². The number of thioether (sulfide) groups is 1. The summed E-state index contributed by atoms with van der Waals surface area (Å²) in [5.74, 6) is 0.688. The molecule has 1 aromatic carbocycles. The van der Waals surface area contributed by atoms with E-state index in [2.05, 4.69) is 46.5 Å². The molecule has 3 nitrogen and oxygen atoms in total. The molecule has 0 radical (unpaired) electrons. The van der Waals surface area contributed by atoms with E-state index >= 15 is 0 Å². The van der Waals surface area contributed by atoms with E-state index in [4.69, 9.17) is 0 Å². The first-order valence-electron chi connectivity index (χ1n) is 5.57. The summed E-state index contributed by atoms with van der Waals surface area (Å²) in [6.45, 7) is 3.04. The number of aromatic nitrogens is 2.